The molecule has 0 fully saturated rings. The first-order valence-electron chi connectivity index (χ1n) is 10.9. The molecule has 1 unspecified atom stereocenters. The van der Waals surface area contributed by atoms with Crippen molar-refractivity contribution >= 4 is 5.78 Å². The zero-order chi connectivity index (χ0) is 19.0. The van der Waals surface area contributed by atoms with Crippen LogP contribution in [0.5, 0.6) is 0 Å². The zero-order valence-electron chi connectivity index (χ0n) is 17.7. The monoisotopic (exact) mass is 356 g/mol. The predicted octanol–water partition coefficient (Wildman–Crippen LogP) is 5.49. The van der Waals surface area contributed by atoms with E-state index in [9.17, 15) is 9.90 Å². The molecule has 0 rings (SSSR count). The van der Waals surface area contributed by atoms with Crippen molar-refractivity contribution in [3.63, 3.8) is 0 Å². The largest absolute Gasteiger partial charge is 0.387 e. The number of carbonyl (C=O) groups is 1. The summed E-state index contributed by atoms with van der Waals surface area (Å²) in [6.45, 7) is 5.85. The van der Waals surface area contributed by atoms with Crippen LogP contribution in [0.15, 0.2) is 0 Å². The molecule has 0 saturated heterocycles. The van der Waals surface area contributed by atoms with Gasteiger partial charge in [0.25, 0.3) is 0 Å². The van der Waals surface area contributed by atoms with Crippen molar-refractivity contribution in [2.45, 2.75) is 110 Å². The molecule has 0 spiro atoms. The lowest BCUT2D eigenvalue weighted by Crippen LogP contribution is -2.46. The number of hydrogen-bond donors (Lipinski definition) is 1. The summed E-state index contributed by atoms with van der Waals surface area (Å²) in [4.78, 5) is 12.0. The highest BCUT2D eigenvalue weighted by Gasteiger charge is 2.20. The van der Waals surface area contributed by atoms with E-state index in [1.807, 2.05) is 6.92 Å². The van der Waals surface area contributed by atoms with Gasteiger partial charge in [-0.05, 0) is 12.8 Å². The summed E-state index contributed by atoms with van der Waals surface area (Å²) in [6, 6.07) is 0. The highest BCUT2D eigenvalue weighted by atomic mass is 16.3. The van der Waals surface area contributed by atoms with E-state index in [1.54, 1.807) is 0 Å². The summed E-state index contributed by atoms with van der Waals surface area (Å²) in [5, 5.41) is 9.77. The number of unbranched alkanes of at least 4 members (excludes halogenated alkanes) is 10. The van der Waals surface area contributed by atoms with Gasteiger partial charge in [0.2, 0.25) is 0 Å². The molecule has 0 saturated carbocycles. The van der Waals surface area contributed by atoms with E-state index in [2.05, 4.69) is 21.0 Å². The van der Waals surface area contributed by atoms with Gasteiger partial charge in [0, 0.05) is 6.42 Å². The van der Waals surface area contributed by atoms with E-state index in [0.29, 0.717) is 12.2 Å². The minimum atomic E-state index is -0.253. The molecule has 0 bridgehead atoms. The van der Waals surface area contributed by atoms with Crippen molar-refractivity contribution in [3.05, 3.63) is 0 Å². The van der Waals surface area contributed by atoms with E-state index < -0.39 is 0 Å². The third-order valence-corrected chi connectivity index (χ3v) is 5.23. The molecule has 1 N–H and O–H groups in total. The first kappa shape index (κ1) is 24.6. The third-order valence-electron chi connectivity index (χ3n) is 5.23. The van der Waals surface area contributed by atoms with Crippen LogP contribution in [-0.2, 0) is 4.79 Å². The molecule has 25 heavy (non-hydrogen) atoms. The minimum Gasteiger partial charge on any atom is -0.387 e. The maximum atomic E-state index is 12.0. The molecule has 0 heterocycles. The zero-order valence-corrected chi connectivity index (χ0v) is 17.7. The molecule has 0 aliphatic heterocycles. The van der Waals surface area contributed by atoms with Crippen LogP contribution in [0.2, 0.25) is 0 Å². The molecule has 0 aliphatic rings. The van der Waals surface area contributed by atoms with Gasteiger partial charge in [-0.15, -0.1) is 0 Å². The van der Waals surface area contributed by atoms with E-state index in [0.717, 1.165) is 36.8 Å². The van der Waals surface area contributed by atoms with E-state index in [-0.39, 0.29) is 6.10 Å². The maximum Gasteiger partial charge on any atom is 0.138 e. The first-order valence-corrected chi connectivity index (χ1v) is 10.9. The Morgan fingerprint density at radius 1 is 0.800 bits per heavy atom. The quantitative estimate of drug-likeness (QED) is 0.260. The summed E-state index contributed by atoms with van der Waals surface area (Å²) >= 11 is 0. The molecule has 3 heteroatoms. The van der Waals surface area contributed by atoms with Gasteiger partial charge in [-0.3, -0.25) is 4.79 Å². The summed E-state index contributed by atoms with van der Waals surface area (Å²) in [7, 11) is 4.21. The molecule has 0 aromatic carbocycles. The fourth-order valence-corrected chi connectivity index (χ4v) is 3.33. The number of Topliss-reactive ketones (excluding diaryl/α,β-unsaturated/α-hetero) is 1. The second-order valence-corrected chi connectivity index (χ2v) is 8.48. The third kappa shape index (κ3) is 16.8. The lowest BCUT2D eigenvalue weighted by molar-refractivity contribution is -0.892. The molecule has 0 amide bonds. The van der Waals surface area contributed by atoms with Gasteiger partial charge in [0.05, 0.1) is 27.1 Å². The lowest BCUT2D eigenvalue weighted by Gasteiger charge is -2.31. The van der Waals surface area contributed by atoms with Crippen LogP contribution in [0, 0.1) is 0 Å². The van der Waals surface area contributed by atoms with Crippen molar-refractivity contribution in [1.29, 1.82) is 0 Å². The standard InChI is InChI=1S/C22H46NO2/c1-5-7-8-9-10-11-12-13-14-15-16-17-22(25)18-19-23(3,4)20-21(24)6-2/h21,24H,5-20H2,1-4H3/q+1. The van der Waals surface area contributed by atoms with Gasteiger partial charge < -0.3 is 9.59 Å². The lowest BCUT2D eigenvalue weighted by atomic mass is 10.0. The predicted molar refractivity (Wildman–Crippen MR) is 109 cm³/mol. The van der Waals surface area contributed by atoms with Gasteiger partial charge in [-0.2, -0.15) is 0 Å². The molecule has 1 atom stereocenters. The Morgan fingerprint density at radius 2 is 1.28 bits per heavy atom. The van der Waals surface area contributed by atoms with Crippen molar-refractivity contribution in [1.82, 2.24) is 0 Å². The summed E-state index contributed by atoms with van der Waals surface area (Å²) in [6.07, 6.45) is 16.5. The molecule has 0 aromatic rings. The van der Waals surface area contributed by atoms with Gasteiger partial charge in [0.15, 0.2) is 0 Å². The van der Waals surface area contributed by atoms with Gasteiger partial charge in [-0.25, -0.2) is 0 Å². The molecular weight excluding hydrogens is 310 g/mol. The van der Waals surface area contributed by atoms with E-state index in [4.69, 9.17) is 0 Å². The summed E-state index contributed by atoms with van der Waals surface area (Å²) in [5.74, 6) is 0.396. The number of quaternary nitrogens is 1. The number of aliphatic hydroxyl groups is 1. The van der Waals surface area contributed by atoms with Crippen LogP contribution in [0.1, 0.15) is 104 Å². The molecule has 0 radical (unpaired) electrons. The number of hydrogen-bond acceptors (Lipinski definition) is 2. The molecule has 0 aliphatic carbocycles. The van der Waals surface area contributed by atoms with Gasteiger partial charge in [-0.1, -0.05) is 78.1 Å². The number of carbonyl (C=O) groups excluding carboxylic acids is 1. The number of aliphatic hydroxyl groups excluding tert-OH is 1. The average molecular weight is 357 g/mol. The van der Waals surface area contributed by atoms with Crippen LogP contribution in [0.25, 0.3) is 0 Å². The van der Waals surface area contributed by atoms with Crippen LogP contribution < -0.4 is 0 Å². The normalized spacial score (nSPS) is 13.2. The Morgan fingerprint density at radius 3 is 1.76 bits per heavy atom. The van der Waals surface area contributed by atoms with Crippen LogP contribution >= 0.6 is 0 Å². The highest BCUT2D eigenvalue weighted by molar-refractivity contribution is 5.78. The van der Waals surface area contributed by atoms with Crippen molar-refractivity contribution in [2.75, 3.05) is 27.2 Å². The first-order chi connectivity index (χ1) is 11.9. The number of likely N-dealkylation sites (N-methyl/N-ethyl adjacent to an activating group) is 1. The topological polar surface area (TPSA) is 37.3 Å². The Labute approximate surface area is 157 Å². The smallest absolute Gasteiger partial charge is 0.138 e. The molecule has 150 valence electrons. The number of rotatable bonds is 18. The fourth-order valence-electron chi connectivity index (χ4n) is 3.33. The second kappa shape index (κ2) is 15.8. The molecular formula is C22H46NO2+. The average Bonchev–Trinajstić information content (AvgIpc) is 2.57. The summed E-state index contributed by atoms with van der Waals surface area (Å²) < 4.78 is 0.735. The summed E-state index contributed by atoms with van der Waals surface area (Å²) in [5.41, 5.74) is 0. The van der Waals surface area contributed by atoms with Crippen molar-refractivity contribution in [3.8, 4) is 0 Å². The van der Waals surface area contributed by atoms with Crippen LogP contribution in [0.3, 0.4) is 0 Å². The fraction of sp³-hybridized carbons (Fsp3) is 0.955. The Kier molecular flexibility index (Phi) is 15.6. The molecule has 0 aromatic heterocycles. The van der Waals surface area contributed by atoms with E-state index >= 15 is 0 Å². The van der Waals surface area contributed by atoms with Gasteiger partial charge >= 0.3 is 0 Å². The Bertz CT molecular complexity index is 315. The Hall–Kier alpha value is -0.410. The number of ketones is 1. The van der Waals surface area contributed by atoms with Crippen LogP contribution in [0.4, 0.5) is 0 Å². The van der Waals surface area contributed by atoms with Crippen molar-refractivity contribution < 1.29 is 14.4 Å². The van der Waals surface area contributed by atoms with Crippen molar-refractivity contribution in [2.24, 2.45) is 0 Å². The maximum absolute atomic E-state index is 12.0. The molecule has 3 nitrogen and oxygen atoms in total. The second-order valence-electron chi connectivity index (χ2n) is 8.48. The number of nitrogens with zero attached hydrogens (tertiary/aromatic N) is 1. The SMILES string of the molecule is CCCCCCCCCCCCCC(=O)CC[N+](C)(C)CC(O)CC. The Balaban J connectivity index is 3.46. The van der Waals surface area contributed by atoms with Crippen LogP contribution in [-0.4, -0.2) is 48.7 Å². The van der Waals surface area contributed by atoms with Gasteiger partial charge in [0.1, 0.15) is 18.4 Å². The minimum absolute atomic E-state index is 0.253. The highest BCUT2D eigenvalue weighted by Crippen LogP contribution is 2.13. The van der Waals surface area contributed by atoms with E-state index in [1.165, 1.54) is 64.2 Å².